The van der Waals surface area contributed by atoms with Gasteiger partial charge >= 0.3 is 5.97 Å². The zero-order chi connectivity index (χ0) is 24.0. The van der Waals surface area contributed by atoms with E-state index >= 15 is 0 Å². The summed E-state index contributed by atoms with van der Waals surface area (Å²) in [7, 11) is 0. The zero-order valence-electron chi connectivity index (χ0n) is 17.4. The van der Waals surface area contributed by atoms with Gasteiger partial charge in [0.25, 0.3) is 11.1 Å². The number of aliphatic carboxylic acids is 1. The molecule has 11 heteroatoms. The van der Waals surface area contributed by atoms with Crippen LogP contribution < -0.4 is 14.8 Å². The molecular formula is C22H19BrN2O7S. The van der Waals surface area contributed by atoms with E-state index in [0.29, 0.717) is 39.8 Å². The van der Waals surface area contributed by atoms with Crippen LogP contribution in [0.3, 0.4) is 0 Å². The second kappa shape index (κ2) is 11.0. The smallest absolute Gasteiger partial charge is 0.341 e. The molecule has 1 aliphatic rings. The number of thioether (sulfide) groups is 1. The van der Waals surface area contributed by atoms with Crippen molar-refractivity contribution in [2.45, 2.75) is 6.92 Å². The molecule has 1 heterocycles. The first-order valence-electron chi connectivity index (χ1n) is 9.69. The summed E-state index contributed by atoms with van der Waals surface area (Å²) in [6.07, 6.45) is 1.43. The summed E-state index contributed by atoms with van der Waals surface area (Å²) in [6, 6.07) is 11.5. The Morgan fingerprint density at radius 1 is 1.15 bits per heavy atom. The van der Waals surface area contributed by atoms with Crippen molar-refractivity contribution < 1.29 is 33.8 Å². The van der Waals surface area contributed by atoms with Crippen LogP contribution in [0.5, 0.6) is 11.5 Å². The lowest BCUT2D eigenvalue weighted by Crippen LogP contribution is -2.36. The molecule has 3 rings (SSSR count). The third kappa shape index (κ3) is 6.59. The minimum absolute atomic E-state index is 0.0899. The van der Waals surface area contributed by atoms with E-state index in [0.717, 1.165) is 4.90 Å². The number of ether oxygens (including phenoxy) is 2. The van der Waals surface area contributed by atoms with Crippen molar-refractivity contribution in [1.82, 2.24) is 4.90 Å². The topological polar surface area (TPSA) is 122 Å². The molecule has 9 nitrogen and oxygen atoms in total. The minimum atomic E-state index is -1.15. The number of benzene rings is 2. The van der Waals surface area contributed by atoms with Crippen LogP contribution in [0.2, 0.25) is 0 Å². The van der Waals surface area contributed by atoms with Crippen LogP contribution in [0.15, 0.2) is 51.8 Å². The standard InChI is InChI=1S/C22H19BrN2O7S/c1-2-31-16-6-4-15(5-7-16)24-19(26)11-25-21(29)18(33-22(25)30)10-13-9-14(23)3-8-17(13)32-12-20(27)28/h3-10H,2,11-12H2,1H3,(H,24,26)(H,27,28)/b18-10+. The van der Waals surface area contributed by atoms with Crippen molar-refractivity contribution in [2.75, 3.05) is 25.1 Å². The summed E-state index contributed by atoms with van der Waals surface area (Å²) in [5, 5.41) is 10.9. The van der Waals surface area contributed by atoms with Crippen molar-refractivity contribution in [3.63, 3.8) is 0 Å². The molecule has 0 aromatic heterocycles. The number of nitrogens with one attached hydrogen (secondary N) is 1. The van der Waals surface area contributed by atoms with Gasteiger partial charge in [-0.2, -0.15) is 0 Å². The van der Waals surface area contributed by atoms with Crippen LogP contribution in [0.25, 0.3) is 6.08 Å². The molecule has 0 aliphatic carbocycles. The summed E-state index contributed by atoms with van der Waals surface area (Å²) in [5.41, 5.74) is 0.912. The van der Waals surface area contributed by atoms with Gasteiger partial charge in [-0.1, -0.05) is 15.9 Å². The predicted molar refractivity (Wildman–Crippen MR) is 126 cm³/mol. The summed E-state index contributed by atoms with van der Waals surface area (Å²) < 4.78 is 11.3. The fourth-order valence-electron chi connectivity index (χ4n) is 2.83. The normalized spacial score (nSPS) is 14.5. The lowest BCUT2D eigenvalue weighted by atomic mass is 10.2. The van der Waals surface area contributed by atoms with Crippen molar-refractivity contribution in [3.8, 4) is 11.5 Å². The molecule has 2 N–H and O–H groups in total. The van der Waals surface area contributed by atoms with E-state index in [1.807, 2.05) is 6.92 Å². The number of hydrogen-bond acceptors (Lipinski definition) is 7. The van der Waals surface area contributed by atoms with Gasteiger partial charge in [0.15, 0.2) is 6.61 Å². The molecule has 0 atom stereocenters. The number of carboxylic acid groups (broad SMARTS) is 1. The lowest BCUT2D eigenvalue weighted by Gasteiger charge is -2.13. The Balaban J connectivity index is 1.70. The number of nitrogens with zero attached hydrogens (tertiary/aromatic N) is 1. The summed E-state index contributed by atoms with van der Waals surface area (Å²) in [4.78, 5) is 49.3. The van der Waals surface area contributed by atoms with E-state index in [2.05, 4.69) is 21.2 Å². The quantitative estimate of drug-likeness (QED) is 0.463. The average molecular weight is 535 g/mol. The highest BCUT2D eigenvalue weighted by Crippen LogP contribution is 2.34. The molecule has 33 heavy (non-hydrogen) atoms. The maximum atomic E-state index is 12.8. The third-order valence-electron chi connectivity index (χ3n) is 4.23. The number of hydrogen-bond donors (Lipinski definition) is 2. The van der Waals surface area contributed by atoms with Gasteiger partial charge in [0, 0.05) is 15.7 Å². The van der Waals surface area contributed by atoms with Crippen molar-refractivity contribution >= 4 is 62.5 Å². The number of imide groups is 1. The molecular weight excluding hydrogens is 516 g/mol. The van der Waals surface area contributed by atoms with Gasteiger partial charge in [0.05, 0.1) is 11.5 Å². The highest BCUT2D eigenvalue weighted by molar-refractivity contribution is 9.10. The van der Waals surface area contributed by atoms with Crippen LogP contribution in [0, 0.1) is 0 Å². The third-order valence-corrected chi connectivity index (χ3v) is 5.63. The molecule has 1 aliphatic heterocycles. The molecule has 0 saturated carbocycles. The molecule has 1 saturated heterocycles. The SMILES string of the molecule is CCOc1ccc(NC(=O)CN2C(=O)S/C(=C/c3cc(Br)ccc3OCC(=O)O)C2=O)cc1. The van der Waals surface area contributed by atoms with Crippen LogP contribution in [0.1, 0.15) is 12.5 Å². The molecule has 0 spiro atoms. The number of amides is 3. The monoisotopic (exact) mass is 534 g/mol. The summed E-state index contributed by atoms with van der Waals surface area (Å²) in [5.74, 6) is -1.42. The maximum absolute atomic E-state index is 12.8. The second-order valence-corrected chi connectivity index (χ2v) is 8.55. The number of carbonyl (C=O) groups is 4. The first kappa shape index (κ1) is 24.3. The van der Waals surface area contributed by atoms with E-state index in [-0.39, 0.29) is 10.7 Å². The number of carbonyl (C=O) groups excluding carboxylic acids is 3. The van der Waals surface area contributed by atoms with Crippen LogP contribution in [-0.2, 0) is 14.4 Å². The predicted octanol–water partition coefficient (Wildman–Crippen LogP) is 3.99. The van der Waals surface area contributed by atoms with Gasteiger partial charge in [-0.15, -0.1) is 0 Å². The Hall–Kier alpha value is -3.31. The highest BCUT2D eigenvalue weighted by atomic mass is 79.9. The fourth-order valence-corrected chi connectivity index (χ4v) is 4.03. The zero-order valence-corrected chi connectivity index (χ0v) is 19.8. The Morgan fingerprint density at radius 3 is 2.55 bits per heavy atom. The molecule has 172 valence electrons. The molecule has 2 aromatic carbocycles. The molecule has 2 aromatic rings. The largest absolute Gasteiger partial charge is 0.494 e. The number of anilines is 1. The number of halogens is 1. The number of rotatable bonds is 9. The minimum Gasteiger partial charge on any atom is -0.494 e. The van der Waals surface area contributed by atoms with E-state index in [1.165, 1.54) is 6.08 Å². The van der Waals surface area contributed by atoms with Crippen LogP contribution >= 0.6 is 27.7 Å². The average Bonchev–Trinajstić information content (AvgIpc) is 3.02. The van der Waals surface area contributed by atoms with Gasteiger partial charge < -0.3 is 19.9 Å². The van der Waals surface area contributed by atoms with Gasteiger partial charge in [0.2, 0.25) is 5.91 Å². The maximum Gasteiger partial charge on any atom is 0.341 e. The second-order valence-electron chi connectivity index (χ2n) is 6.64. The van der Waals surface area contributed by atoms with E-state index < -0.39 is 36.2 Å². The fraction of sp³-hybridized carbons (Fsp3) is 0.182. The highest BCUT2D eigenvalue weighted by Gasteiger charge is 2.36. The molecule has 1 fully saturated rings. The lowest BCUT2D eigenvalue weighted by molar-refractivity contribution is -0.139. The first-order valence-corrected chi connectivity index (χ1v) is 11.3. The summed E-state index contributed by atoms with van der Waals surface area (Å²) in [6.45, 7) is 1.37. The molecule has 0 bridgehead atoms. The molecule has 0 radical (unpaired) electrons. The van der Waals surface area contributed by atoms with Crippen molar-refractivity contribution in [2.24, 2.45) is 0 Å². The van der Waals surface area contributed by atoms with Gasteiger partial charge in [-0.05, 0) is 67.2 Å². The van der Waals surface area contributed by atoms with E-state index in [9.17, 15) is 19.2 Å². The Kier molecular flexibility index (Phi) is 8.12. The van der Waals surface area contributed by atoms with E-state index in [1.54, 1.807) is 42.5 Å². The van der Waals surface area contributed by atoms with Gasteiger partial charge in [-0.3, -0.25) is 19.3 Å². The van der Waals surface area contributed by atoms with Crippen molar-refractivity contribution in [1.29, 1.82) is 0 Å². The molecule has 0 unspecified atom stereocenters. The Labute approximate surface area is 201 Å². The van der Waals surface area contributed by atoms with Crippen molar-refractivity contribution in [3.05, 3.63) is 57.4 Å². The number of carboxylic acids is 1. The van der Waals surface area contributed by atoms with Gasteiger partial charge in [0.1, 0.15) is 18.0 Å². The van der Waals surface area contributed by atoms with Gasteiger partial charge in [-0.25, -0.2) is 4.79 Å². The Morgan fingerprint density at radius 2 is 1.88 bits per heavy atom. The Bertz CT molecular complexity index is 1120. The van der Waals surface area contributed by atoms with Crippen LogP contribution in [-0.4, -0.2) is 52.8 Å². The first-order chi connectivity index (χ1) is 15.8. The summed E-state index contributed by atoms with van der Waals surface area (Å²) >= 11 is 4.00. The van der Waals surface area contributed by atoms with E-state index in [4.69, 9.17) is 14.6 Å². The molecule has 3 amide bonds. The van der Waals surface area contributed by atoms with Crippen LogP contribution in [0.4, 0.5) is 10.5 Å².